The summed E-state index contributed by atoms with van der Waals surface area (Å²) in [5.74, 6) is 2.42. The van der Waals surface area contributed by atoms with E-state index in [9.17, 15) is 0 Å². The molecular formula is C13H26N4. The number of nitrogens with two attached hydrogens (primary N) is 1. The lowest BCUT2D eigenvalue weighted by atomic mass is 9.84. The smallest absolute Gasteiger partial charge is 0.153 e. The lowest BCUT2D eigenvalue weighted by molar-refractivity contribution is 0.309. The Hall–Kier alpha value is -0.900. The zero-order valence-corrected chi connectivity index (χ0v) is 11.8. The van der Waals surface area contributed by atoms with Crippen LogP contribution in [0.5, 0.6) is 0 Å². The molecular weight excluding hydrogens is 212 g/mol. The van der Waals surface area contributed by atoms with Crippen LogP contribution in [0.1, 0.15) is 58.1 Å². The van der Waals surface area contributed by atoms with Crippen LogP contribution in [-0.4, -0.2) is 21.3 Å². The van der Waals surface area contributed by atoms with Gasteiger partial charge in [0.1, 0.15) is 5.82 Å². The summed E-state index contributed by atoms with van der Waals surface area (Å²) < 4.78 is 1.91. The first-order chi connectivity index (χ1) is 7.85. The standard InChI is InChI=1S/C13H26N4/c1-10(2)12-15-11(17(5)16-12)6-7-13(3,4)8-9-14/h10H,6-9,14H2,1-5H3. The van der Waals surface area contributed by atoms with Crippen LogP contribution in [0.2, 0.25) is 0 Å². The highest BCUT2D eigenvalue weighted by Gasteiger charge is 2.18. The monoisotopic (exact) mass is 238 g/mol. The summed E-state index contributed by atoms with van der Waals surface area (Å²) in [5, 5.41) is 4.44. The summed E-state index contributed by atoms with van der Waals surface area (Å²) in [6.07, 6.45) is 3.14. The van der Waals surface area contributed by atoms with Crippen molar-refractivity contribution < 1.29 is 0 Å². The first kappa shape index (κ1) is 14.2. The average Bonchev–Trinajstić information content (AvgIpc) is 2.57. The van der Waals surface area contributed by atoms with Crippen LogP contribution in [0.25, 0.3) is 0 Å². The Morgan fingerprint density at radius 3 is 2.41 bits per heavy atom. The number of rotatable bonds is 6. The molecule has 1 aromatic rings. The predicted molar refractivity (Wildman–Crippen MR) is 70.9 cm³/mol. The molecule has 0 spiro atoms. The molecule has 98 valence electrons. The van der Waals surface area contributed by atoms with Gasteiger partial charge in [-0.1, -0.05) is 27.7 Å². The topological polar surface area (TPSA) is 56.7 Å². The fourth-order valence-corrected chi connectivity index (χ4v) is 1.87. The quantitative estimate of drug-likeness (QED) is 0.827. The molecule has 0 bridgehead atoms. The van der Waals surface area contributed by atoms with Crippen molar-refractivity contribution in [2.75, 3.05) is 6.54 Å². The van der Waals surface area contributed by atoms with Crippen LogP contribution in [-0.2, 0) is 13.5 Å². The molecule has 0 saturated heterocycles. The summed E-state index contributed by atoms with van der Waals surface area (Å²) >= 11 is 0. The number of aromatic nitrogens is 3. The van der Waals surface area contributed by atoms with Gasteiger partial charge < -0.3 is 5.73 Å². The molecule has 1 heterocycles. The van der Waals surface area contributed by atoms with E-state index in [1.165, 1.54) is 0 Å². The Kier molecular flexibility index (Phi) is 4.69. The van der Waals surface area contributed by atoms with Gasteiger partial charge in [0.2, 0.25) is 0 Å². The summed E-state index contributed by atoms with van der Waals surface area (Å²) in [6, 6.07) is 0. The van der Waals surface area contributed by atoms with Gasteiger partial charge in [-0.2, -0.15) is 5.10 Å². The number of nitrogens with zero attached hydrogens (tertiary/aromatic N) is 3. The van der Waals surface area contributed by atoms with Crippen molar-refractivity contribution in [3.8, 4) is 0 Å². The second kappa shape index (κ2) is 5.63. The molecule has 0 unspecified atom stereocenters. The molecule has 17 heavy (non-hydrogen) atoms. The highest BCUT2D eigenvalue weighted by Crippen LogP contribution is 2.26. The Morgan fingerprint density at radius 1 is 1.29 bits per heavy atom. The summed E-state index contributed by atoms with van der Waals surface area (Å²) in [7, 11) is 1.98. The van der Waals surface area contributed by atoms with Crippen LogP contribution in [0.4, 0.5) is 0 Å². The van der Waals surface area contributed by atoms with Crippen LogP contribution in [0.3, 0.4) is 0 Å². The maximum absolute atomic E-state index is 5.62. The molecule has 1 rings (SSSR count). The fourth-order valence-electron chi connectivity index (χ4n) is 1.87. The molecule has 0 radical (unpaired) electrons. The third kappa shape index (κ3) is 4.11. The number of hydrogen-bond donors (Lipinski definition) is 1. The van der Waals surface area contributed by atoms with Gasteiger partial charge in [0.05, 0.1) is 0 Å². The van der Waals surface area contributed by atoms with E-state index < -0.39 is 0 Å². The van der Waals surface area contributed by atoms with Gasteiger partial charge in [-0.05, 0) is 24.8 Å². The van der Waals surface area contributed by atoms with Crippen molar-refractivity contribution in [2.45, 2.75) is 52.9 Å². The molecule has 2 N–H and O–H groups in total. The lowest BCUT2D eigenvalue weighted by Crippen LogP contribution is -2.18. The molecule has 0 amide bonds. The highest BCUT2D eigenvalue weighted by molar-refractivity contribution is 4.97. The van der Waals surface area contributed by atoms with Crippen molar-refractivity contribution in [1.29, 1.82) is 0 Å². The number of hydrogen-bond acceptors (Lipinski definition) is 3. The third-order valence-electron chi connectivity index (χ3n) is 3.23. The molecule has 0 atom stereocenters. The zero-order chi connectivity index (χ0) is 13.1. The van der Waals surface area contributed by atoms with E-state index in [1.54, 1.807) is 0 Å². The summed E-state index contributed by atoms with van der Waals surface area (Å²) in [6.45, 7) is 9.52. The second-order valence-electron chi connectivity index (χ2n) is 5.87. The predicted octanol–water partition coefficient (Wildman–Crippen LogP) is 2.25. The molecule has 1 aromatic heterocycles. The van der Waals surface area contributed by atoms with Gasteiger partial charge in [-0.15, -0.1) is 0 Å². The zero-order valence-electron chi connectivity index (χ0n) is 11.8. The molecule has 0 aliphatic heterocycles. The van der Waals surface area contributed by atoms with Gasteiger partial charge in [0, 0.05) is 19.4 Å². The first-order valence-corrected chi connectivity index (χ1v) is 6.45. The Balaban J connectivity index is 2.63. The Bertz CT molecular complexity index is 352. The molecule has 4 nitrogen and oxygen atoms in total. The summed E-state index contributed by atoms with van der Waals surface area (Å²) in [4.78, 5) is 4.59. The minimum Gasteiger partial charge on any atom is -0.330 e. The molecule has 0 aromatic carbocycles. The summed E-state index contributed by atoms with van der Waals surface area (Å²) in [5.41, 5.74) is 5.91. The van der Waals surface area contributed by atoms with Crippen molar-refractivity contribution in [2.24, 2.45) is 18.2 Å². The van der Waals surface area contributed by atoms with Gasteiger partial charge in [0.25, 0.3) is 0 Å². The van der Waals surface area contributed by atoms with E-state index in [0.717, 1.165) is 37.5 Å². The fraction of sp³-hybridized carbons (Fsp3) is 0.846. The van der Waals surface area contributed by atoms with Crippen molar-refractivity contribution in [1.82, 2.24) is 14.8 Å². The minimum absolute atomic E-state index is 0.290. The van der Waals surface area contributed by atoms with E-state index in [-0.39, 0.29) is 0 Å². The third-order valence-corrected chi connectivity index (χ3v) is 3.23. The van der Waals surface area contributed by atoms with E-state index in [2.05, 4.69) is 37.8 Å². The Labute approximate surface area is 105 Å². The maximum atomic E-state index is 5.62. The molecule has 0 aliphatic carbocycles. The van der Waals surface area contributed by atoms with Crippen LogP contribution < -0.4 is 5.73 Å². The van der Waals surface area contributed by atoms with E-state index in [0.29, 0.717) is 11.3 Å². The molecule has 0 saturated carbocycles. The van der Waals surface area contributed by atoms with Gasteiger partial charge >= 0.3 is 0 Å². The first-order valence-electron chi connectivity index (χ1n) is 6.45. The van der Waals surface area contributed by atoms with Crippen molar-refractivity contribution in [3.05, 3.63) is 11.6 Å². The SMILES string of the molecule is CC(C)c1nc(CCC(C)(C)CCN)n(C)n1. The van der Waals surface area contributed by atoms with E-state index >= 15 is 0 Å². The average molecular weight is 238 g/mol. The van der Waals surface area contributed by atoms with Crippen molar-refractivity contribution >= 4 is 0 Å². The van der Waals surface area contributed by atoms with E-state index in [4.69, 9.17) is 5.73 Å². The van der Waals surface area contributed by atoms with Crippen molar-refractivity contribution in [3.63, 3.8) is 0 Å². The molecule has 4 heteroatoms. The van der Waals surface area contributed by atoms with Gasteiger partial charge in [-0.25, -0.2) is 4.98 Å². The van der Waals surface area contributed by atoms with Gasteiger partial charge in [-0.3, -0.25) is 4.68 Å². The lowest BCUT2D eigenvalue weighted by Gasteiger charge is -2.23. The van der Waals surface area contributed by atoms with Gasteiger partial charge in [0.15, 0.2) is 5.82 Å². The maximum Gasteiger partial charge on any atom is 0.153 e. The number of aryl methyl sites for hydroxylation is 2. The van der Waals surface area contributed by atoms with Crippen LogP contribution in [0.15, 0.2) is 0 Å². The minimum atomic E-state index is 0.290. The Morgan fingerprint density at radius 2 is 1.94 bits per heavy atom. The molecule has 0 aliphatic rings. The van der Waals surface area contributed by atoms with Crippen LogP contribution >= 0.6 is 0 Å². The molecule has 0 fully saturated rings. The second-order valence-corrected chi connectivity index (χ2v) is 5.87. The largest absolute Gasteiger partial charge is 0.330 e. The normalized spacial score (nSPS) is 12.4. The highest BCUT2D eigenvalue weighted by atomic mass is 15.3. The van der Waals surface area contributed by atoms with E-state index in [1.807, 2.05) is 11.7 Å². The van der Waals surface area contributed by atoms with Crippen LogP contribution in [0, 0.1) is 5.41 Å².